The number of hydrogen-bond acceptors (Lipinski definition) is 5. The zero-order chi connectivity index (χ0) is 19.2. The summed E-state index contributed by atoms with van der Waals surface area (Å²) in [4.78, 5) is 22.0. The Balaban J connectivity index is 1.83. The van der Waals surface area contributed by atoms with E-state index in [9.17, 15) is 14.9 Å². The molecule has 0 aliphatic carbocycles. The minimum atomic E-state index is -0.491. The summed E-state index contributed by atoms with van der Waals surface area (Å²) in [5.41, 5.74) is 4.02. The van der Waals surface area contributed by atoms with Gasteiger partial charge in [-0.05, 0) is 23.1 Å². The molecule has 0 fully saturated rings. The van der Waals surface area contributed by atoms with Crippen LogP contribution in [-0.2, 0) is 10.2 Å². The van der Waals surface area contributed by atoms with Crippen LogP contribution in [0.25, 0.3) is 0 Å². The van der Waals surface area contributed by atoms with E-state index in [1.54, 1.807) is 12.1 Å². The molecule has 2 aromatic rings. The van der Waals surface area contributed by atoms with Gasteiger partial charge in [0.05, 0.1) is 11.1 Å². The van der Waals surface area contributed by atoms with Crippen molar-refractivity contribution in [2.45, 2.75) is 26.2 Å². The fourth-order valence-electron chi connectivity index (χ4n) is 2.13. The molecule has 0 aliphatic heterocycles. The fraction of sp³-hybridized carbons (Fsp3) is 0.263. The molecule has 7 nitrogen and oxygen atoms in total. The first kappa shape index (κ1) is 19.1. The molecule has 0 radical (unpaired) electrons. The fourth-order valence-corrected chi connectivity index (χ4v) is 2.13. The van der Waals surface area contributed by atoms with Gasteiger partial charge in [-0.15, -0.1) is 0 Å². The largest absolute Gasteiger partial charge is 0.484 e. The van der Waals surface area contributed by atoms with E-state index < -0.39 is 10.8 Å². The van der Waals surface area contributed by atoms with E-state index in [0.717, 1.165) is 0 Å². The maximum Gasteiger partial charge on any atom is 0.277 e. The highest BCUT2D eigenvalue weighted by Gasteiger charge is 2.13. The van der Waals surface area contributed by atoms with E-state index in [-0.39, 0.29) is 17.7 Å². The van der Waals surface area contributed by atoms with E-state index in [2.05, 4.69) is 31.3 Å². The highest BCUT2D eigenvalue weighted by molar-refractivity contribution is 5.83. The van der Waals surface area contributed by atoms with Crippen LogP contribution in [0.5, 0.6) is 5.75 Å². The minimum Gasteiger partial charge on any atom is -0.484 e. The Morgan fingerprint density at radius 1 is 1.23 bits per heavy atom. The van der Waals surface area contributed by atoms with Crippen LogP contribution < -0.4 is 10.2 Å². The topological polar surface area (TPSA) is 93.8 Å². The monoisotopic (exact) mass is 355 g/mol. The Bertz CT molecular complexity index is 808. The normalized spacial score (nSPS) is 11.3. The number of benzene rings is 2. The highest BCUT2D eigenvalue weighted by atomic mass is 16.6. The molecule has 0 aromatic heterocycles. The quantitative estimate of drug-likeness (QED) is 0.488. The van der Waals surface area contributed by atoms with Gasteiger partial charge in [0.15, 0.2) is 6.61 Å². The van der Waals surface area contributed by atoms with Crippen molar-refractivity contribution in [3.8, 4) is 5.75 Å². The Hall–Kier alpha value is -3.22. The molecule has 136 valence electrons. The first-order valence-corrected chi connectivity index (χ1v) is 8.05. The Kier molecular flexibility index (Phi) is 6.06. The van der Waals surface area contributed by atoms with E-state index in [1.165, 1.54) is 23.9 Å². The number of hydrogen-bond donors (Lipinski definition) is 1. The number of hydrazone groups is 1. The number of nitro groups is 1. The average molecular weight is 355 g/mol. The Labute approximate surface area is 151 Å². The predicted molar refractivity (Wildman–Crippen MR) is 99.5 cm³/mol. The van der Waals surface area contributed by atoms with E-state index in [0.29, 0.717) is 11.3 Å². The molecule has 7 heteroatoms. The molecule has 0 heterocycles. The number of carbonyl (C=O) groups excluding carboxylic acids is 1. The number of amides is 1. The van der Waals surface area contributed by atoms with Crippen molar-refractivity contribution in [1.82, 2.24) is 5.43 Å². The first-order chi connectivity index (χ1) is 12.3. The van der Waals surface area contributed by atoms with Crippen LogP contribution in [0.2, 0.25) is 0 Å². The molecule has 0 unspecified atom stereocenters. The molecular formula is C19H21N3O4. The highest BCUT2D eigenvalue weighted by Crippen LogP contribution is 2.24. The lowest BCUT2D eigenvalue weighted by atomic mass is 9.87. The number of ether oxygens (including phenoxy) is 1. The molecule has 0 bridgehead atoms. The number of nitro benzene ring substituents is 1. The van der Waals surface area contributed by atoms with Gasteiger partial charge in [0, 0.05) is 17.7 Å². The summed E-state index contributed by atoms with van der Waals surface area (Å²) in [6.07, 6.45) is 1.34. The van der Waals surface area contributed by atoms with Crippen LogP contribution in [0.15, 0.2) is 53.6 Å². The third-order valence-corrected chi connectivity index (χ3v) is 3.57. The van der Waals surface area contributed by atoms with Crippen LogP contribution in [-0.4, -0.2) is 23.7 Å². The summed E-state index contributed by atoms with van der Waals surface area (Å²) < 4.78 is 5.41. The Morgan fingerprint density at radius 2 is 1.92 bits per heavy atom. The average Bonchev–Trinajstić information content (AvgIpc) is 2.60. The van der Waals surface area contributed by atoms with E-state index >= 15 is 0 Å². The van der Waals surface area contributed by atoms with E-state index in [4.69, 9.17) is 4.74 Å². The lowest BCUT2D eigenvalue weighted by molar-refractivity contribution is -0.384. The molecule has 2 rings (SSSR count). The van der Waals surface area contributed by atoms with Crippen LogP contribution in [0.3, 0.4) is 0 Å². The summed E-state index contributed by atoms with van der Waals surface area (Å²) in [6, 6.07) is 13.5. The second-order valence-corrected chi connectivity index (χ2v) is 6.71. The van der Waals surface area contributed by atoms with Gasteiger partial charge < -0.3 is 4.74 Å². The molecule has 0 spiro atoms. The van der Waals surface area contributed by atoms with Crippen molar-refractivity contribution in [3.05, 3.63) is 69.8 Å². The van der Waals surface area contributed by atoms with Gasteiger partial charge in [-0.3, -0.25) is 14.9 Å². The standard InChI is InChI=1S/C19H21N3O4/c1-19(2,3)15-7-9-17(10-8-15)26-13-18(23)21-20-12-14-5-4-6-16(11-14)22(24)25/h4-12H,13H2,1-3H3,(H,21,23). The SMILES string of the molecule is CC(C)(C)c1ccc(OCC(=O)NN=Cc2cccc([N+](=O)[O-])c2)cc1. The van der Waals surface area contributed by atoms with Crippen LogP contribution >= 0.6 is 0 Å². The van der Waals surface area contributed by atoms with Crippen molar-refractivity contribution in [2.24, 2.45) is 5.10 Å². The smallest absolute Gasteiger partial charge is 0.277 e. The number of rotatable bonds is 6. The van der Waals surface area contributed by atoms with Crippen molar-refractivity contribution in [1.29, 1.82) is 0 Å². The zero-order valence-electron chi connectivity index (χ0n) is 14.9. The second-order valence-electron chi connectivity index (χ2n) is 6.71. The molecule has 0 saturated heterocycles. The number of carbonyl (C=O) groups is 1. The molecule has 26 heavy (non-hydrogen) atoms. The van der Waals surface area contributed by atoms with Gasteiger partial charge in [-0.25, -0.2) is 5.43 Å². The van der Waals surface area contributed by atoms with Gasteiger partial charge in [-0.1, -0.05) is 45.0 Å². The van der Waals surface area contributed by atoms with Gasteiger partial charge in [0.1, 0.15) is 5.75 Å². The maximum atomic E-state index is 11.7. The molecule has 2 aromatic carbocycles. The summed E-state index contributed by atoms with van der Waals surface area (Å²) in [5.74, 6) is 0.169. The van der Waals surface area contributed by atoms with Gasteiger partial charge in [-0.2, -0.15) is 5.10 Å². The number of nitrogens with one attached hydrogen (secondary N) is 1. The molecule has 0 saturated carbocycles. The summed E-state index contributed by atoms with van der Waals surface area (Å²) in [7, 11) is 0. The lowest BCUT2D eigenvalue weighted by Crippen LogP contribution is -2.24. The molecule has 1 amide bonds. The van der Waals surface area contributed by atoms with Crippen molar-refractivity contribution < 1.29 is 14.5 Å². The third kappa shape index (κ3) is 5.70. The summed E-state index contributed by atoms with van der Waals surface area (Å²) >= 11 is 0. The number of nitrogens with zero attached hydrogens (tertiary/aromatic N) is 2. The Morgan fingerprint density at radius 3 is 2.54 bits per heavy atom. The zero-order valence-corrected chi connectivity index (χ0v) is 14.9. The van der Waals surface area contributed by atoms with Crippen LogP contribution in [0.4, 0.5) is 5.69 Å². The second kappa shape index (κ2) is 8.24. The van der Waals surface area contributed by atoms with E-state index in [1.807, 2.05) is 24.3 Å². The summed E-state index contributed by atoms with van der Waals surface area (Å²) in [6.45, 7) is 6.18. The minimum absolute atomic E-state index is 0.0395. The molecule has 1 N–H and O–H groups in total. The van der Waals surface area contributed by atoms with Crippen molar-refractivity contribution in [2.75, 3.05) is 6.61 Å². The van der Waals surface area contributed by atoms with Gasteiger partial charge in [0.25, 0.3) is 11.6 Å². The van der Waals surface area contributed by atoms with Crippen LogP contribution in [0.1, 0.15) is 31.9 Å². The first-order valence-electron chi connectivity index (χ1n) is 8.05. The molecule has 0 aliphatic rings. The summed E-state index contributed by atoms with van der Waals surface area (Å²) in [5, 5.41) is 14.5. The third-order valence-electron chi connectivity index (χ3n) is 3.57. The molecule has 0 atom stereocenters. The lowest BCUT2D eigenvalue weighted by Gasteiger charge is -2.19. The van der Waals surface area contributed by atoms with Gasteiger partial charge in [0.2, 0.25) is 0 Å². The van der Waals surface area contributed by atoms with Crippen LogP contribution in [0, 0.1) is 10.1 Å². The van der Waals surface area contributed by atoms with Gasteiger partial charge >= 0.3 is 0 Å². The predicted octanol–water partition coefficient (Wildman–Crippen LogP) is 3.42. The molecular weight excluding hydrogens is 334 g/mol. The maximum absolute atomic E-state index is 11.7. The number of non-ortho nitro benzene ring substituents is 1. The van der Waals surface area contributed by atoms with Crippen molar-refractivity contribution in [3.63, 3.8) is 0 Å². The van der Waals surface area contributed by atoms with Crippen molar-refractivity contribution >= 4 is 17.8 Å².